The number of fused-ring (bicyclic) bond motifs is 1. The second kappa shape index (κ2) is 8.33. The van der Waals surface area contributed by atoms with Gasteiger partial charge in [0.15, 0.2) is 17.9 Å². The molecule has 7 nitrogen and oxygen atoms in total. The second-order valence-corrected chi connectivity index (χ2v) is 6.39. The van der Waals surface area contributed by atoms with Crippen LogP contribution in [0.25, 0.3) is 11.0 Å². The van der Waals surface area contributed by atoms with E-state index in [-0.39, 0.29) is 16.2 Å². The minimum absolute atomic E-state index is 0.212. The van der Waals surface area contributed by atoms with Crippen LogP contribution in [0.4, 0.5) is 5.69 Å². The zero-order valence-electron chi connectivity index (χ0n) is 14.5. The normalized spacial score (nSPS) is 10.5. The maximum atomic E-state index is 12.2. The van der Waals surface area contributed by atoms with Gasteiger partial charge in [0.05, 0.1) is 17.2 Å². The number of amides is 1. The second-order valence-electron chi connectivity index (χ2n) is 5.58. The van der Waals surface area contributed by atoms with Crippen molar-refractivity contribution in [2.24, 2.45) is 0 Å². The van der Waals surface area contributed by atoms with E-state index in [1.807, 2.05) is 0 Å². The molecule has 3 aromatic rings. The van der Waals surface area contributed by atoms with Gasteiger partial charge >= 0.3 is 11.6 Å². The summed E-state index contributed by atoms with van der Waals surface area (Å²) in [7, 11) is 1.43. The van der Waals surface area contributed by atoms with Crippen LogP contribution < -0.4 is 15.7 Å². The van der Waals surface area contributed by atoms with Gasteiger partial charge < -0.3 is 19.2 Å². The van der Waals surface area contributed by atoms with Crippen molar-refractivity contribution < 1.29 is 23.5 Å². The van der Waals surface area contributed by atoms with Gasteiger partial charge in [0.2, 0.25) is 0 Å². The molecule has 0 fully saturated rings. The number of hydrogen-bond donors (Lipinski definition) is 1. The van der Waals surface area contributed by atoms with Crippen molar-refractivity contribution in [3.63, 3.8) is 0 Å². The number of benzene rings is 2. The highest BCUT2D eigenvalue weighted by Gasteiger charge is 2.18. The van der Waals surface area contributed by atoms with Crippen LogP contribution in [0, 0.1) is 0 Å². The van der Waals surface area contributed by atoms with Crippen LogP contribution in [0.15, 0.2) is 51.7 Å². The van der Waals surface area contributed by atoms with Gasteiger partial charge in [-0.15, -0.1) is 0 Å². The molecule has 0 radical (unpaired) electrons. The lowest BCUT2D eigenvalue weighted by Crippen LogP contribution is -2.23. The molecule has 0 aliphatic carbocycles. The van der Waals surface area contributed by atoms with Gasteiger partial charge in [0.25, 0.3) is 5.91 Å². The summed E-state index contributed by atoms with van der Waals surface area (Å²) in [5.41, 5.74) is -0.633. The molecule has 28 heavy (non-hydrogen) atoms. The van der Waals surface area contributed by atoms with Gasteiger partial charge in [-0.3, -0.25) is 4.79 Å². The van der Waals surface area contributed by atoms with E-state index in [1.54, 1.807) is 24.3 Å². The lowest BCUT2D eigenvalue weighted by molar-refractivity contribution is -0.119. The SMILES string of the molecule is COc1cccc2cc(C(=O)OCC(=O)Nc3ccc(Cl)c(Cl)c3)c(=O)oc12. The summed E-state index contributed by atoms with van der Waals surface area (Å²) in [5, 5.41) is 3.58. The van der Waals surface area contributed by atoms with Crippen LogP contribution in [0.5, 0.6) is 5.75 Å². The highest BCUT2D eigenvalue weighted by molar-refractivity contribution is 6.42. The molecule has 0 spiro atoms. The molecule has 0 bridgehead atoms. The van der Waals surface area contributed by atoms with Crippen LogP contribution in [0.2, 0.25) is 10.0 Å². The number of hydrogen-bond acceptors (Lipinski definition) is 6. The Kier molecular flexibility index (Phi) is 5.87. The fourth-order valence-electron chi connectivity index (χ4n) is 2.40. The summed E-state index contributed by atoms with van der Waals surface area (Å²) in [6.07, 6.45) is 0. The summed E-state index contributed by atoms with van der Waals surface area (Å²) in [6.45, 7) is -0.603. The van der Waals surface area contributed by atoms with Crippen molar-refractivity contribution >= 4 is 51.7 Å². The number of carbonyl (C=O) groups is 2. The average molecular weight is 422 g/mol. The molecule has 0 unspecified atom stereocenters. The van der Waals surface area contributed by atoms with E-state index in [9.17, 15) is 14.4 Å². The van der Waals surface area contributed by atoms with Crippen LogP contribution in [0.1, 0.15) is 10.4 Å². The number of rotatable bonds is 5. The summed E-state index contributed by atoms with van der Waals surface area (Å²) in [6, 6.07) is 10.8. The number of halogens is 2. The molecule has 0 saturated carbocycles. The van der Waals surface area contributed by atoms with Crippen LogP contribution in [-0.4, -0.2) is 25.6 Å². The molecule has 3 rings (SSSR count). The van der Waals surface area contributed by atoms with Crippen LogP contribution in [-0.2, 0) is 9.53 Å². The van der Waals surface area contributed by atoms with Gasteiger partial charge in [0.1, 0.15) is 5.56 Å². The number of methoxy groups -OCH3 is 1. The fraction of sp³-hybridized carbons (Fsp3) is 0.105. The highest BCUT2D eigenvalue weighted by Crippen LogP contribution is 2.25. The Morgan fingerprint density at radius 2 is 1.89 bits per heavy atom. The molecule has 0 aliphatic rings. The first-order chi connectivity index (χ1) is 13.4. The van der Waals surface area contributed by atoms with E-state index in [4.69, 9.17) is 37.1 Å². The van der Waals surface area contributed by atoms with E-state index in [2.05, 4.69) is 5.32 Å². The van der Waals surface area contributed by atoms with E-state index in [0.717, 1.165) is 0 Å². The molecular weight excluding hydrogens is 409 g/mol. The lowest BCUT2D eigenvalue weighted by atomic mass is 10.2. The molecule has 144 valence electrons. The first-order valence-electron chi connectivity index (χ1n) is 7.92. The molecule has 0 saturated heterocycles. The number of ether oxygens (including phenoxy) is 2. The average Bonchev–Trinajstić information content (AvgIpc) is 2.68. The largest absolute Gasteiger partial charge is 0.493 e. The molecule has 2 aromatic carbocycles. The Morgan fingerprint density at radius 3 is 2.61 bits per heavy atom. The van der Waals surface area contributed by atoms with Crippen molar-refractivity contribution in [2.75, 3.05) is 19.0 Å². The van der Waals surface area contributed by atoms with E-state index >= 15 is 0 Å². The molecule has 1 aromatic heterocycles. The predicted molar refractivity (Wildman–Crippen MR) is 104 cm³/mol. The molecule has 0 atom stereocenters. The Hall–Kier alpha value is -3.03. The maximum absolute atomic E-state index is 12.2. The Labute approximate surface area is 168 Å². The van der Waals surface area contributed by atoms with Crippen LogP contribution in [0.3, 0.4) is 0 Å². The number of para-hydroxylation sites is 1. The zero-order valence-corrected chi connectivity index (χ0v) is 16.0. The monoisotopic (exact) mass is 421 g/mol. The quantitative estimate of drug-likeness (QED) is 0.495. The van der Waals surface area contributed by atoms with Gasteiger partial charge in [0, 0.05) is 11.1 Å². The van der Waals surface area contributed by atoms with Crippen molar-refractivity contribution in [1.82, 2.24) is 0 Å². The summed E-state index contributed by atoms with van der Waals surface area (Å²) >= 11 is 11.7. The topological polar surface area (TPSA) is 94.8 Å². The third-order valence-electron chi connectivity index (χ3n) is 3.70. The molecule has 1 N–H and O–H groups in total. The first kappa shape index (κ1) is 19.7. The summed E-state index contributed by atoms with van der Waals surface area (Å²) in [5.74, 6) is -1.24. The fourth-order valence-corrected chi connectivity index (χ4v) is 2.70. The number of nitrogens with one attached hydrogen (secondary N) is 1. The third-order valence-corrected chi connectivity index (χ3v) is 4.44. The molecular formula is C19H13Cl2NO6. The third kappa shape index (κ3) is 4.27. The first-order valence-corrected chi connectivity index (χ1v) is 8.67. The van der Waals surface area contributed by atoms with Crippen molar-refractivity contribution in [3.8, 4) is 5.75 Å². The van der Waals surface area contributed by atoms with Gasteiger partial charge in [-0.1, -0.05) is 35.3 Å². The molecule has 1 heterocycles. The number of anilines is 1. The summed E-state index contributed by atoms with van der Waals surface area (Å²) < 4.78 is 15.2. The van der Waals surface area contributed by atoms with E-state index in [0.29, 0.717) is 21.8 Å². The van der Waals surface area contributed by atoms with E-state index < -0.39 is 24.1 Å². The predicted octanol–water partition coefficient (Wildman–Crippen LogP) is 3.90. The molecule has 1 amide bonds. The van der Waals surface area contributed by atoms with Crippen LogP contribution >= 0.6 is 23.2 Å². The maximum Gasteiger partial charge on any atom is 0.351 e. The Morgan fingerprint density at radius 1 is 1.11 bits per heavy atom. The zero-order chi connectivity index (χ0) is 20.3. The van der Waals surface area contributed by atoms with Gasteiger partial charge in [-0.2, -0.15) is 0 Å². The Balaban J connectivity index is 1.70. The Bertz CT molecular complexity index is 1130. The van der Waals surface area contributed by atoms with Crippen molar-refractivity contribution in [2.45, 2.75) is 0 Å². The van der Waals surface area contributed by atoms with E-state index in [1.165, 1.54) is 25.3 Å². The summed E-state index contributed by atoms with van der Waals surface area (Å²) in [4.78, 5) is 36.2. The smallest absolute Gasteiger partial charge is 0.351 e. The van der Waals surface area contributed by atoms with Crippen molar-refractivity contribution in [1.29, 1.82) is 0 Å². The standard InChI is InChI=1S/C19H13Cl2NO6/c1-26-15-4-2-3-10-7-12(19(25)28-17(10)15)18(24)27-9-16(23)22-11-5-6-13(20)14(21)8-11/h2-8H,9H2,1H3,(H,22,23). The molecule has 9 heteroatoms. The number of esters is 1. The highest BCUT2D eigenvalue weighted by atomic mass is 35.5. The minimum atomic E-state index is -0.984. The molecule has 0 aliphatic heterocycles. The van der Waals surface area contributed by atoms with Gasteiger partial charge in [-0.05, 0) is 30.3 Å². The van der Waals surface area contributed by atoms with Gasteiger partial charge in [-0.25, -0.2) is 9.59 Å². The minimum Gasteiger partial charge on any atom is -0.493 e. The van der Waals surface area contributed by atoms with Crippen molar-refractivity contribution in [3.05, 3.63) is 68.5 Å². The number of carbonyl (C=O) groups excluding carboxylic acids is 2. The lowest BCUT2D eigenvalue weighted by Gasteiger charge is -2.08.